The second-order valence-electron chi connectivity index (χ2n) is 3.59. The summed E-state index contributed by atoms with van der Waals surface area (Å²) in [6.45, 7) is 1.41. The Labute approximate surface area is 101 Å². The molecule has 0 aliphatic heterocycles. The van der Waals surface area contributed by atoms with Crippen LogP contribution in [-0.2, 0) is 0 Å². The molecule has 92 valence electrons. The average Bonchev–Trinajstić information content (AvgIpc) is 2.71. The van der Waals surface area contributed by atoms with E-state index in [2.05, 4.69) is 5.10 Å². The first kappa shape index (κ1) is 11.9. The summed E-state index contributed by atoms with van der Waals surface area (Å²) in [6, 6.07) is 5.38. The molecule has 1 aromatic heterocycles. The third kappa shape index (κ3) is 1.97. The van der Waals surface area contributed by atoms with Crippen LogP contribution in [0.5, 0.6) is 0 Å². The number of benzene rings is 1. The largest absolute Gasteiger partial charge is 0.310 e. The van der Waals surface area contributed by atoms with Crippen molar-refractivity contribution in [3.05, 3.63) is 57.7 Å². The summed E-state index contributed by atoms with van der Waals surface area (Å²) >= 11 is 0. The van der Waals surface area contributed by atoms with Gasteiger partial charge in [-0.25, -0.2) is 4.39 Å². The minimum Gasteiger partial charge on any atom is -0.267 e. The van der Waals surface area contributed by atoms with Crippen molar-refractivity contribution in [1.82, 2.24) is 9.78 Å². The summed E-state index contributed by atoms with van der Waals surface area (Å²) in [7, 11) is 0. The van der Waals surface area contributed by atoms with Gasteiger partial charge < -0.3 is 0 Å². The lowest BCUT2D eigenvalue weighted by Crippen LogP contribution is -2.14. The number of nitro groups is 1. The van der Waals surface area contributed by atoms with Crippen LogP contribution in [0, 0.1) is 22.9 Å². The Morgan fingerprint density at radius 2 is 2.11 bits per heavy atom. The highest BCUT2D eigenvalue weighted by atomic mass is 19.1. The van der Waals surface area contributed by atoms with Crippen LogP contribution in [0.4, 0.5) is 10.1 Å². The van der Waals surface area contributed by atoms with Crippen LogP contribution >= 0.6 is 0 Å². The lowest BCUT2D eigenvalue weighted by atomic mass is 10.2. The predicted octanol–water partition coefficient (Wildman–Crippen LogP) is 1.93. The number of aromatic nitrogens is 2. The number of carbonyl (C=O) groups is 1. The number of hydrogen-bond donors (Lipinski definition) is 0. The van der Waals surface area contributed by atoms with Crippen LogP contribution in [0.25, 0.3) is 0 Å². The van der Waals surface area contributed by atoms with Crippen LogP contribution < -0.4 is 0 Å². The van der Waals surface area contributed by atoms with Crippen molar-refractivity contribution in [2.45, 2.75) is 6.92 Å². The van der Waals surface area contributed by atoms with Crippen LogP contribution in [0.3, 0.4) is 0 Å². The van der Waals surface area contributed by atoms with Gasteiger partial charge in [-0.3, -0.25) is 14.9 Å². The van der Waals surface area contributed by atoms with Crippen molar-refractivity contribution in [2.75, 3.05) is 0 Å². The molecule has 0 radical (unpaired) electrons. The van der Waals surface area contributed by atoms with Gasteiger partial charge in [0.2, 0.25) is 0 Å². The molecule has 0 N–H and O–H groups in total. The first-order valence-electron chi connectivity index (χ1n) is 5.00. The van der Waals surface area contributed by atoms with Gasteiger partial charge in [-0.2, -0.15) is 9.78 Å². The van der Waals surface area contributed by atoms with E-state index in [-0.39, 0.29) is 16.9 Å². The van der Waals surface area contributed by atoms with Gasteiger partial charge in [-0.1, -0.05) is 12.1 Å². The van der Waals surface area contributed by atoms with Crippen molar-refractivity contribution >= 4 is 11.6 Å². The topological polar surface area (TPSA) is 78.0 Å². The SMILES string of the molecule is Cc1nn(C(=O)c2ccccc2F)cc1[N+](=O)[O-]. The molecular formula is C11H8FN3O3. The molecule has 0 saturated heterocycles. The van der Waals surface area contributed by atoms with Gasteiger partial charge in [0.25, 0.3) is 5.91 Å². The molecule has 0 atom stereocenters. The lowest BCUT2D eigenvalue weighted by molar-refractivity contribution is -0.385. The number of halogens is 1. The fourth-order valence-electron chi connectivity index (χ4n) is 1.49. The van der Waals surface area contributed by atoms with E-state index in [1.807, 2.05) is 0 Å². The van der Waals surface area contributed by atoms with E-state index in [9.17, 15) is 19.3 Å². The maximum Gasteiger partial charge on any atom is 0.310 e. The molecular weight excluding hydrogens is 241 g/mol. The Balaban J connectivity index is 2.44. The number of rotatable bonds is 2. The third-order valence-corrected chi connectivity index (χ3v) is 2.38. The zero-order chi connectivity index (χ0) is 13.3. The molecule has 0 aliphatic carbocycles. The zero-order valence-corrected chi connectivity index (χ0v) is 9.33. The minimum atomic E-state index is -0.746. The van der Waals surface area contributed by atoms with Gasteiger partial charge in [0.1, 0.15) is 17.7 Å². The van der Waals surface area contributed by atoms with Gasteiger partial charge >= 0.3 is 5.69 Å². The Hall–Kier alpha value is -2.57. The highest BCUT2D eigenvalue weighted by molar-refractivity contribution is 5.95. The lowest BCUT2D eigenvalue weighted by Gasteiger charge is -2.00. The molecule has 2 aromatic rings. The maximum atomic E-state index is 13.4. The summed E-state index contributed by atoms with van der Waals surface area (Å²) in [5, 5.41) is 14.3. The number of aryl methyl sites for hydroxylation is 1. The first-order chi connectivity index (χ1) is 8.50. The molecule has 0 saturated carbocycles. The predicted molar refractivity (Wildman–Crippen MR) is 59.7 cm³/mol. The highest BCUT2D eigenvalue weighted by Crippen LogP contribution is 2.17. The zero-order valence-electron chi connectivity index (χ0n) is 9.33. The van der Waals surface area contributed by atoms with Crippen molar-refractivity contribution < 1.29 is 14.1 Å². The minimum absolute atomic E-state index is 0.102. The smallest absolute Gasteiger partial charge is 0.267 e. The first-order valence-corrected chi connectivity index (χ1v) is 5.00. The average molecular weight is 249 g/mol. The van der Waals surface area contributed by atoms with Crippen LogP contribution in [0.15, 0.2) is 30.5 Å². The maximum absolute atomic E-state index is 13.4. The summed E-state index contributed by atoms with van der Waals surface area (Å²) in [6.07, 6.45) is 0.976. The van der Waals surface area contributed by atoms with Crippen LogP contribution in [-0.4, -0.2) is 20.6 Å². The summed E-state index contributed by atoms with van der Waals surface area (Å²) in [5.74, 6) is -1.44. The standard InChI is InChI=1S/C11H8FN3O3/c1-7-10(15(17)18)6-14(13-7)11(16)8-4-2-3-5-9(8)12/h2-6H,1H3. The molecule has 0 aliphatic rings. The van der Waals surface area contributed by atoms with Gasteiger partial charge in [0.05, 0.1) is 10.5 Å². The monoisotopic (exact) mass is 249 g/mol. The molecule has 7 heteroatoms. The molecule has 6 nitrogen and oxygen atoms in total. The van der Waals surface area contributed by atoms with E-state index < -0.39 is 16.6 Å². The molecule has 18 heavy (non-hydrogen) atoms. The van der Waals surface area contributed by atoms with E-state index in [0.717, 1.165) is 16.9 Å². The van der Waals surface area contributed by atoms with Crippen molar-refractivity contribution in [3.63, 3.8) is 0 Å². The molecule has 0 unspecified atom stereocenters. The summed E-state index contributed by atoms with van der Waals surface area (Å²) < 4.78 is 14.2. The summed E-state index contributed by atoms with van der Waals surface area (Å²) in [4.78, 5) is 21.9. The molecule has 0 fully saturated rings. The van der Waals surface area contributed by atoms with E-state index >= 15 is 0 Å². The molecule has 0 spiro atoms. The molecule has 0 amide bonds. The van der Waals surface area contributed by atoms with Gasteiger partial charge in [-0.05, 0) is 19.1 Å². The fourth-order valence-corrected chi connectivity index (χ4v) is 1.49. The van der Waals surface area contributed by atoms with E-state index in [0.29, 0.717) is 0 Å². The fraction of sp³-hybridized carbons (Fsp3) is 0.0909. The van der Waals surface area contributed by atoms with Crippen LogP contribution in [0.1, 0.15) is 16.1 Å². The molecule has 1 aromatic carbocycles. The van der Waals surface area contributed by atoms with Gasteiger partial charge in [0, 0.05) is 0 Å². The number of carbonyl (C=O) groups excluding carboxylic acids is 1. The third-order valence-electron chi connectivity index (χ3n) is 2.38. The molecule has 0 bridgehead atoms. The summed E-state index contributed by atoms with van der Waals surface area (Å²) in [5.41, 5.74) is -0.362. The Morgan fingerprint density at radius 1 is 1.44 bits per heavy atom. The molecule has 1 heterocycles. The second kappa shape index (κ2) is 4.36. The van der Waals surface area contributed by atoms with Gasteiger partial charge in [0.15, 0.2) is 0 Å². The van der Waals surface area contributed by atoms with Crippen molar-refractivity contribution in [2.24, 2.45) is 0 Å². The van der Waals surface area contributed by atoms with E-state index in [1.54, 1.807) is 0 Å². The quantitative estimate of drug-likeness (QED) is 0.601. The molecule has 2 rings (SSSR count). The van der Waals surface area contributed by atoms with Crippen LogP contribution in [0.2, 0.25) is 0 Å². The van der Waals surface area contributed by atoms with E-state index in [1.165, 1.54) is 25.1 Å². The van der Waals surface area contributed by atoms with Crippen molar-refractivity contribution in [1.29, 1.82) is 0 Å². The Morgan fingerprint density at radius 3 is 2.67 bits per heavy atom. The van der Waals surface area contributed by atoms with Crippen molar-refractivity contribution in [3.8, 4) is 0 Å². The highest BCUT2D eigenvalue weighted by Gasteiger charge is 2.21. The Bertz CT molecular complexity index is 636. The number of nitrogens with zero attached hydrogens (tertiary/aromatic N) is 3. The Kier molecular flexibility index (Phi) is 2.88. The van der Waals surface area contributed by atoms with Gasteiger partial charge in [-0.15, -0.1) is 0 Å². The van der Waals surface area contributed by atoms with E-state index in [4.69, 9.17) is 0 Å². The number of hydrogen-bond acceptors (Lipinski definition) is 4. The normalized spacial score (nSPS) is 10.3. The second-order valence-corrected chi connectivity index (χ2v) is 3.59.